The minimum absolute atomic E-state index is 0.371. The third kappa shape index (κ3) is 2.89. The Morgan fingerprint density at radius 2 is 1.81 bits per heavy atom. The molecule has 0 saturated heterocycles. The van der Waals surface area contributed by atoms with Crippen molar-refractivity contribution in [3.8, 4) is 0 Å². The summed E-state index contributed by atoms with van der Waals surface area (Å²) in [4.78, 5) is 36.5. The number of rotatable bonds is 4. The Labute approximate surface area is 124 Å². The minimum Gasteiger partial charge on any atom is -0.445 e. The molecule has 0 spiro atoms. The third-order valence-corrected chi connectivity index (χ3v) is 3.47. The van der Waals surface area contributed by atoms with Gasteiger partial charge in [-0.25, -0.2) is 0 Å². The maximum atomic E-state index is 12.5. The van der Waals surface area contributed by atoms with Crippen LogP contribution < -0.4 is 0 Å². The lowest BCUT2D eigenvalue weighted by Gasteiger charge is -2.11. The Morgan fingerprint density at radius 3 is 2.38 bits per heavy atom. The second-order valence-electron chi connectivity index (χ2n) is 6.14. The monoisotopic (exact) mass is 288 g/mol. The SMILES string of the molecule is CC(C)Cc1cccc2c1C(=O)C(OC(=O)C(C)C)C2=O. The first-order valence-electron chi connectivity index (χ1n) is 7.23. The van der Waals surface area contributed by atoms with Crippen LogP contribution in [0.4, 0.5) is 0 Å². The summed E-state index contributed by atoms with van der Waals surface area (Å²) in [5.41, 5.74) is 1.65. The number of esters is 1. The number of carbonyl (C=O) groups is 3. The highest BCUT2D eigenvalue weighted by atomic mass is 16.6. The number of ether oxygens (including phenoxy) is 1. The van der Waals surface area contributed by atoms with E-state index in [1.165, 1.54) is 0 Å². The number of hydrogen-bond donors (Lipinski definition) is 0. The molecule has 0 aliphatic heterocycles. The van der Waals surface area contributed by atoms with Crippen LogP contribution in [0.25, 0.3) is 0 Å². The first kappa shape index (κ1) is 15.4. The van der Waals surface area contributed by atoms with Crippen molar-refractivity contribution in [1.29, 1.82) is 0 Å². The van der Waals surface area contributed by atoms with Gasteiger partial charge in [-0.2, -0.15) is 0 Å². The lowest BCUT2D eigenvalue weighted by atomic mass is 9.95. The molecule has 1 aliphatic rings. The van der Waals surface area contributed by atoms with Crippen molar-refractivity contribution in [3.05, 3.63) is 34.9 Å². The van der Waals surface area contributed by atoms with E-state index >= 15 is 0 Å². The van der Waals surface area contributed by atoms with Gasteiger partial charge in [0.1, 0.15) is 0 Å². The van der Waals surface area contributed by atoms with Crippen molar-refractivity contribution in [1.82, 2.24) is 0 Å². The Kier molecular flexibility index (Phi) is 4.26. The van der Waals surface area contributed by atoms with Crippen LogP contribution in [0.2, 0.25) is 0 Å². The molecule has 1 aliphatic carbocycles. The van der Waals surface area contributed by atoms with E-state index in [1.54, 1.807) is 26.0 Å². The maximum Gasteiger partial charge on any atom is 0.309 e. The number of hydrogen-bond acceptors (Lipinski definition) is 4. The number of Topliss-reactive ketones (excluding diaryl/α,β-unsaturated/α-hetero) is 2. The summed E-state index contributed by atoms with van der Waals surface area (Å²) >= 11 is 0. The van der Waals surface area contributed by atoms with Crippen LogP contribution in [0, 0.1) is 11.8 Å². The summed E-state index contributed by atoms with van der Waals surface area (Å²) in [6.07, 6.45) is -0.587. The molecule has 1 unspecified atom stereocenters. The van der Waals surface area contributed by atoms with Gasteiger partial charge in [0.25, 0.3) is 0 Å². The van der Waals surface area contributed by atoms with Gasteiger partial charge in [-0.15, -0.1) is 0 Å². The van der Waals surface area contributed by atoms with Gasteiger partial charge in [-0.1, -0.05) is 45.9 Å². The first-order chi connectivity index (χ1) is 9.82. The summed E-state index contributed by atoms with van der Waals surface area (Å²) in [5.74, 6) is -1.32. The molecule has 0 N–H and O–H groups in total. The fourth-order valence-corrected chi connectivity index (χ4v) is 2.46. The Hall–Kier alpha value is -1.97. The molecule has 0 radical (unpaired) electrons. The van der Waals surface area contributed by atoms with Crippen molar-refractivity contribution in [2.75, 3.05) is 0 Å². The van der Waals surface area contributed by atoms with E-state index < -0.39 is 17.9 Å². The Bertz CT molecular complexity index is 599. The average molecular weight is 288 g/mol. The number of carbonyl (C=O) groups excluding carboxylic acids is 3. The molecule has 4 nitrogen and oxygen atoms in total. The van der Waals surface area contributed by atoms with Gasteiger partial charge in [0.2, 0.25) is 17.7 Å². The van der Waals surface area contributed by atoms with E-state index in [0.29, 0.717) is 23.5 Å². The Morgan fingerprint density at radius 1 is 1.14 bits per heavy atom. The summed E-state index contributed by atoms with van der Waals surface area (Å²) in [6.45, 7) is 7.45. The largest absolute Gasteiger partial charge is 0.445 e. The molecule has 2 rings (SSSR count). The van der Waals surface area contributed by atoms with Gasteiger partial charge in [-0.3, -0.25) is 14.4 Å². The number of ketones is 2. The van der Waals surface area contributed by atoms with Gasteiger partial charge in [0, 0.05) is 11.1 Å². The van der Waals surface area contributed by atoms with E-state index in [1.807, 2.05) is 6.07 Å². The van der Waals surface area contributed by atoms with Gasteiger partial charge >= 0.3 is 5.97 Å². The molecule has 0 aromatic heterocycles. The molecule has 0 heterocycles. The smallest absolute Gasteiger partial charge is 0.309 e. The molecule has 0 amide bonds. The van der Waals surface area contributed by atoms with Crippen LogP contribution in [0.1, 0.15) is 54.0 Å². The predicted octanol–water partition coefficient (Wildman–Crippen LogP) is 2.83. The Balaban J connectivity index is 2.35. The fraction of sp³-hybridized carbons (Fsp3) is 0.471. The van der Waals surface area contributed by atoms with E-state index in [4.69, 9.17) is 4.74 Å². The fourth-order valence-electron chi connectivity index (χ4n) is 2.46. The first-order valence-corrected chi connectivity index (χ1v) is 7.23. The summed E-state index contributed by atoms with van der Waals surface area (Å²) in [5, 5.41) is 0. The van der Waals surface area contributed by atoms with Gasteiger partial charge < -0.3 is 4.74 Å². The van der Waals surface area contributed by atoms with Crippen LogP contribution in [-0.2, 0) is 16.0 Å². The molecule has 1 atom stereocenters. The van der Waals surface area contributed by atoms with Gasteiger partial charge in [-0.05, 0) is 17.9 Å². The second kappa shape index (κ2) is 5.80. The average Bonchev–Trinajstić information content (AvgIpc) is 2.64. The highest BCUT2D eigenvalue weighted by molar-refractivity contribution is 6.29. The normalized spacial score (nSPS) is 17.5. The molecular weight excluding hydrogens is 268 g/mol. The van der Waals surface area contributed by atoms with Crippen LogP contribution in [0.3, 0.4) is 0 Å². The standard InChI is InChI=1S/C17H20O4/c1-9(2)8-11-6-5-7-12-13(11)15(19)16(14(12)18)21-17(20)10(3)4/h5-7,9-10,16H,8H2,1-4H3. The number of benzene rings is 1. The second-order valence-corrected chi connectivity index (χ2v) is 6.14. The molecule has 0 saturated carbocycles. The summed E-state index contributed by atoms with van der Waals surface area (Å²) in [7, 11) is 0. The quantitative estimate of drug-likeness (QED) is 0.631. The van der Waals surface area contributed by atoms with E-state index in [0.717, 1.165) is 5.56 Å². The molecule has 21 heavy (non-hydrogen) atoms. The molecule has 1 aromatic carbocycles. The maximum absolute atomic E-state index is 12.5. The predicted molar refractivity (Wildman–Crippen MR) is 78.4 cm³/mol. The lowest BCUT2D eigenvalue weighted by Crippen LogP contribution is -2.30. The van der Waals surface area contributed by atoms with Crippen LogP contribution in [-0.4, -0.2) is 23.6 Å². The zero-order valence-electron chi connectivity index (χ0n) is 12.8. The zero-order valence-corrected chi connectivity index (χ0v) is 12.8. The molecule has 1 aromatic rings. The van der Waals surface area contributed by atoms with E-state index in [-0.39, 0.29) is 11.7 Å². The van der Waals surface area contributed by atoms with Crippen LogP contribution in [0.15, 0.2) is 18.2 Å². The lowest BCUT2D eigenvalue weighted by molar-refractivity contribution is -0.148. The number of fused-ring (bicyclic) bond motifs is 1. The molecular formula is C17H20O4. The minimum atomic E-state index is -1.30. The van der Waals surface area contributed by atoms with E-state index in [2.05, 4.69) is 13.8 Å². The van der Waals surface area contributed by atoms with Crippen LogP contribution >= 0.6 is 0 Å². The third-order valence-electron chi connectivity index (χ3n) is 3.47. The van der Waals surface area contributed by atoms with Crippen molar-refractivity contribution < 1.29 is 19.1 Å². The topological polar surface area (TPSA) is 60.4 Å². The highest BCUT2D eigenvalue weighted by Gasteiger charge is 2.42. The molecule has 4 heteroatoms. The van der Waals surface area contributed by atoms with E-state index in [9.17, 15) is 14.4 Å². The highest BCUT2D eigenvalue weighted by Crippen LogP contribution is 2.29. The zero-order chi connectivity index (χ0) is 15.7. The molecule has 0 bridgehead atoms. The van der Waals surface area contributed by atoms with Crippen molar-refractivity contribution in [3.63, 3.8) is 0 Å². The molecule has 0 fully saturated rings. The van der Waals surface area contributed by atoms with Crippen molar-refractivity contribution in [2.45, 2.75) is 40.2 Å². The van der Waals surface area contributed by atoms with Crippen molar-refractivity contribution >= 4 is 17.5 Å². The van der Waals surface area contributed by atoms with Crippen molar-refractivity contribution in [2.24, 2.45) is 11.8 Å². The summed E-state index contributed by atoms with van der Waals surface area (Å²) < 4.78 is 5.10. The van der Waals surface area contributed by atoms with Crippen LogP contribution in [0.5, 0.6) is 0 Å². The summed E-state index contributed by atoms with van der Waals surface area (Å²) in [6, 6.07) is 5.26. The van der Waals surface area contributed by atoms with Gasteiger partial charge in [0.15, 0.2) is 0 Å². The van der Waals surface area contributed by atoms with Gasteiger partial charge in [0.05, 0.1) is 5.92 Å². The molecule has 112 valence electrons.